The highest BCUT2D eigenvalue weighted by Gasteiger charge is 2.34. The zero-order chi connectivity index (χ0) is 25.7. The molecule has 1 aliphatic heterocycles. The van der Waals surface area contributed by atoms with Crippen molar-refractivity contribution in [2.75, 3.05) is 13.7 Å². The summed E-state index contributed by atoms with van der Waals surface area (Å²) in [6.45, 7) is 5.01. The Bertz CT molecular complexity index is 1310. The predicted molar refractivity (Wildman–Crippen MR) is 149 cm³/mol. The van der Waals surface area contributed by atoms with Gasteiger partial charge in [-0.3, -0.25) is 9.69 Å². The monoisotopic (exact) mass is 540 g/mol. The van der Waals surface area contributed by atoms with Crippen LogP contribution in [0.5, 0.6) is 11.5 Å². The first-order chi connectivity index (χ1) is 17.3. The summed E-state index contributed by atoms with van der Waals surface area (Å²) >= 11 is 13.7. The van der Waals surface area contributed by atoms with E-state index < -0.39 is 0 Å². The lowest BCUT2D eigenvalue weighted by molar-refractivity contribution is -0.122. The molecule has 0 N–H and O–H groups in total. The Balaban J connectivity index is 1.60. The number of methoxy groups -OCH3 is 1. The van der Waals surface area contributed by atoms with Gasteiger partial charge in [0.05, 0.1) is 17.7 Å². The summed E-state index contributed by atoms with van der Waals surface area (Å²) in [5.41, 5.74) is 2.38. The Labute approximate surface area is 225 Å². The van der Waals surface area contributed by atoms with Crippen LogP contribution in [-0.2, 0) is 11.4 Å². The van der Waals surface area contributed by atoms with Crippen LogP contribution in [0.1, 0.15) is 25.0 Å². The molecule has 1 amide bonds. The maximum Gasteiger partial charge on any atom is 0.266 e. The molecule has 0 atom stereocenters. The van der Waals surface area contributed by atoms with Gasteiger partial charge in [0.1, 0.15) is 18.1 Å². The fraction of sp³-hybridized carbons (Fsp3) is 0.214. The number of amidine groups is 1. The summed E-state index contributed by atoms with van der Waals surface area (Å²) < 4.78 is 11.3. The number of carbonyl (C=O) groups excluding carboxylic acids is 1. The van der Waals surface area contributed by atoms with Gasteiger partial charge in [-0.25, -0.2) is 4.99 Å². The zero-order valence-electron chi connectivity index (χ0n) is 20.2. The predicted octanol–water partition coefficient (Wildman–Crippen LogP) is 7.84. The van der Waals surface area contributed by atoms with Crippen LogP contribution in [0.2, 0.25) is 10.0 Å². The van der Waals surface area contributed by atoms with E-state index in [2.05, 4.69) is 13.8 Å². The third kappa shape index (κ3) is 6.44. The number of para-hydroxylation sites is 1. The van der Waals surface area contributed by atoms with Crippen LogP contribution in [0.4, 0.5) is 5.69 Å². The van der Waals surface area contributed by atoms with E-state index in [1.54, 1.807) is 24.1 Å². The molecule has 0 saturated carbocycles. The van der Waals surface area contributed by atoms with Gasteiger partial charge >= 0.3 is 0 Å². The molecule has 1 heterocycles. The van der Waals surface area contributed by atoms with Crippen molar-refractivity contribution < 1.29 is 14.3 Å². The molecule has 0 aromatic heterocycles. The van der Waals surface area contributed by atoms with Crippen molar-refractivity contribution >= 4 is 57.8 Å². The van der Waals surface area contributed by atoms with Gasteiger partial charge < -0.3 is 9.47 Å². The molecule has 1 aliphatic rings. The van der Waals surface area contributed by atoms with E-state index >= 15 is 0 Å². The Morgan fingerprint density at radius 1 is 1.06 bits per heavy atom. The van der Waals surface area contributed by atoms with Crippen molar-refractivity contribution in [3.05, 3.63) is 92.8 Å². The molecule has 36 heavy (non-hydrogen) atoms. The number of rotatable bonds is 8. The second kappa shape index (κ2) is 11.9. The van der Waals surface area contributed by atoms with Crippen LogP contribution < -0.4 is 9.47 Å². The van der Waals surface area contributed by atoms with Crippen molar-refractivity contribution in [1.29, 1.82) is 0 Å². The molecule has 1 fully saturated rings. The molecule has 3 aromatic carbocycles. The van der Waals surface area contributed by atoms with Crippen LogP contribution in [0, 0.1) is 5.92 Å². The van der Waals surface area contributed by atoms with Gasteiger partial charge in [-0.2, -0.15) is 0 Å². The zero-order valence-corrected chi connectivity index (χ0v) is 22.5. The molecule has 186 valence electrons. The molecule has 0 aliphatic carbocycles. The SMILES string of the molecule is COc1ccc(N=C2SC(=Cc3ccccc3OCc3ccc(Cl)cc3Cl)C(=O)N2CC(C)C)cc1. The van der Waals surface area contributed by atoms with E-state index in [1.165, 1.54) is 11.8 Å². The van der Waals surface area contributed by atoms with E-state index in [1.807, 2.05) is 60.7 Å². The topological polar surface area (TPSA) is 51.1 Å². The van der Waals surface area contributed by atoms with Gasteiger partial charge in [0.2, 0.25) is 0 Å². The summed E-state index contributed by atoms with van der Waals surface area (Å²) in [6, 6.07) is 20.4. The van der Waals surface area contributed by atoms with Crippen LogP contribution in [0.3, 0.4) is 0 Å². The lowest BCUT2D eigenvalue weighted by Gasteiger charge is -2.17. The highest BCUT2D eigenvalue weighted by molar-refractivity contribution is 8.18. The summed E-state index contributed by atoms with van der Waals surface area (Å²) in [4.78, 5) is 20.5. The van der Waals surface area contributed by atoms with Crippen LogP contribution in [-0.4, -0.2) is 29.6 Å². The molecule has 4 rings (SSSR count). The summed E-state index contributed by atoms with van der Waals surface area (Å²) in [5.74, 6) is 1.62. The summed E-state index contributed by atoms with van der Waals surface area (Å²) in [5, 5.41) is 1.77. The molecular formula is C28H26Cl2N2O3S. The average molecular weight is 542 g/mol. The third-order valence-electron chi connectivity index (χ3n) is 5.34. The fourth-order valence-corrected chi connectivity index (χ4v) is 5.01. The number of nitrogens with zero attached hydrogens (tertiary/aromatic N) is 2. The normalized spacial score (nSPS) is 15.8. The first-order valence-electron chi connectivity index (χ1n) is 11.4. The molecular weight excluding hydrogens is 515 g/mol. The first-order valence-corrected chi connectivity index (χ1v) is 13.0. The van der Waals surface area contributed by atoms with Crippen molar-refractivity contribution in [3.63, 3.8) is 0 Å². The minimum atomic E-state index is -0.0727. The number of thioether (sulfide) groups is 1. The second-order valence-electron chi connectivity index (χ2n) is 8.57. The first kappa shape index (κ1) is 26.1. The molecule has 0 spiro atoms. The lowest BCUT2D eigenvalue weighted by Crippen LogP contribution is -2.32. The van der Waals surface area contributed by atoms with Gasteiger partial charge in [0.15, 0.2) is 5.17 Å². The van der Waals surface area contributed by atoms with Gasteiger partial charge in [0.25, 0.3) is 5.91 Å². The molecule has 0 bridgehead atoms. The molecule has 5 nitrogen and oxygen atoms in total. The van der Waals surface area contributed by atoms with E-state index in [9.17, 15) is 4.79 Å². The highest BCUT2D eigenvalue weighted by Crippen LogP contribution is 2.36. The van der Waals surface area contributed by atoms with Crippen LogP contribution in [0.25, 0.3) is 6.08 Å². The molecule has 0 unspecified atom stereocenters. The van der Waals surface area contributed by atoms with E-state index in [4.69, 9.17) is 37.7 Å². The minimum Gasteiger partial charge on any atom is -0.497 e. The maximum absolute atomic E-state index is 13.4. The number of carbonyl (C=O) groups is 1. The second-order valence-corrected chi connectivity index (χ2v) is 10.4. The number of hydrogen-bond acceptors (Lipinski definition) is 5. The number of benzene rings is 3. The molecule has 3 aromatic rings. The van der Waals surface area contributed by atoms with Crippen molar-refractivity contribution in [1.82, 2.24) is 4.90 Å². The average Bonchev–Trinajstić information content (AvgIpc) is 3.13. The van der Waals surface area contributed by atoms with Gasteiger partial charge in [-0.15, -0.1) is 0 Å². The summed E-state index contributed by atoms with van der Waals surface area (Å²) in [7, 11) is 1.62. The highest BCUT2D eigenvalue weighted by atomic mass is 35.5. The van der Waals surface area contributed by atoms with Gasteiger partial charge in [0, 0.05) is 27.7 Å². The third-order valence-corrected chi connectivity index (χ3v) is 6.93. The minimum absolute atomic E-state index is 0.0727. The fourth-order valence-electron chi connectivity index (χ4n) is 3.55. The molecule has 8 heteroatoms. The van der Waals surface area contributed by atoms with Crippen LogP contribution in [0.15, 0.2) is 76.6 Å². The number of hydrogen-bond donors (Lipinski definition) is 0. The maximum atomic E-state index is 13.4. The van der Waals surface area contributed by atoms with Crippen molar-refractivity contribution in [3.8, 4) is 11.5 Å². The lowest BCUT2D eigenvalue weighted by atomic mass is 10.1. The van der Waals surface area contributed by atoms with Crippen molar-refractivity contribution in [2.24, 2.45) is 10.9 Å². The van der Waals surface area contributed by atoms with Gasteiger partial charge in [-0.1, -0.05) is 61.3 Å². The van der Waals surface area contributed by atoms with Crippen molar-refractivity contribution in [2.45, 2.75) is 20.5 Å². The standard InChI is InChI=1S/C28H26Cl2N2O3S/c1-18(2)16-32-27(33)26(36-28(32)31-22-10-12-23(34-3)13-11-22)14-19-6-4-5-7-25(19)35-17-20-8-9-21(29)15-24(20)30/h4-15,18H,16-17H2,1-3H3. The summed E-state index contributed by atoms with van der Waals surface area (Å²) in [6.07, 6.45) is 1.86. The molecule has 1 saturated heterocycles. The Morgan fingerprint density at radius 2 is 1.81 bits per heavy atom. The Hall–Kier alpha value is -2.93. The number of halogens is 2. The Morgan fingerprint density at radius 3 is 2.50 bits per heavy atom. The van der Waals surface area contributed by atoms with Crippen LogP contribution >= 0.6 is 35.0 Å². The van der Waals surface area contributed by atoms with E-state index in [0.29, 0.717) is 32.4 Å². The van der Waals surface area contributed by atoms with Gasteiger partial charge in [-0.05, 0) is 66.2 Å². The number of ether oxygens (including phenoxy) is 2. The smallest absolute Gasteiger partial charge is 0.266 e. The van der Waals surface area contributed by atoms with E-state index in [0.717, 1.165) is 22.6 Å². The largest absolute Gasteiger partial charge is 0.497 e. The van der Waals surface area contributed by atoms with E-state index in [-0.39, 0.29) is 18.4 Å². The number of aliphatic imine (C=N–C) groups is 1. The molecule has 0 radical (unpaired) electrons. The Kier molecular flexibility index (Phi) is 8.62. The quantitative estimate of drug-likeness (QED) is 0.273. The number of amides is 1.